The molecular formula is C17H19NO2. The van der Waals surface area contributed by atoms with Gasteiger partial charge in [-0.05, 0) is 42.7 Å². The van der Waals surface area contributed by atoms with Crippen LogP contribution in [-0.2, 0) is 6.42 Å². The van der Waals surface area contributed by atoms with Crippen LogP contribution >= 0.6 is 0 Å². The van der Waals surface area contributed by atoms with Gasteiger partial charge in [-0.3, -0.25) is 4.79 Å². The van der Waals surface area contributed by atoms with Crippen molar-refractivity contribution in [1.29, 1.82) is 0 Å². The van der Waals surface area contributed by atoms with E-state index in [0.29, 0.717) is 12.2 Å². The Balaban J connectivity index is 2.02. The lowest BCUT2D eigenvalue weighted by Crippen LogP contribution is -2.14. The van der Waals surface area contributed by atoms with Crippen LogP contribution in [0.15, 0.2) is 42.5 Å². The van der Waals surface area contributed by atoms with Crippen molar-refractivity contribution in [1.82, 2.24) is 0 Å². The molecular weight excluding hydrogens is 250 g/mol. The number of aryl methyl sites for hydroxylation is 2. The Morgan fingerprint density at radius 3 is 2.25 bits per heavy atom. The van der Waals surface area contributed by atoms with Crippen LogP contribution in [-0.4, -0.2) is 12.5 Å². The fourth-order valence-corrected chi connectivity index (χ4v) is 2.33. The van der Waals surface area contributed by atoms with E-state index < -0.39 is 5.91 Å². The topological polar surface area (TPSA) is 52.3 Å². The number of carbonyl (C=O) groups is 1. The Hall–Kier alpha value is -2.29. The molecule has 0 fully saturated rings. The number of amides is 1. The van der Waals surface area contributed by atoms with Crippen LogP contribution in [0.25, 0.3) is 0 Å². The first-order valence-electron chi connectivity index (χ1n) is 6.65. The van der Waals surface area contributed by atoms with Gasteiger partial charge in [0.05, 0.1) is 6.61 Å². The molecule has 0 saturated heterocycles. The SMILES string of the molecule is Cc1cc(OCCc2ccccc2)cc(C)c1C(N)=O. The van der Waals surface area contributed by atoms with Gasteiger partial charge in [-0.25, -0.2) is 0 Å². The predicted molar refractivity (Wildman–Crippen MR) is 80.1 cm³/mol. The smallest absolute Gasteiger partial charge is 0.249 e. The number of rotatable bonds is 5. The summed E-state index contributed by atoms with van der Waals surface area (Å²) in [5.74, 6) is 0.386. The molecule has 2 aromatic rings. The molecule has 1 amide bonds. The molecule has 2 rings (SSSR count). The van der Waals surface area contributed by atoms with Gasteiger partial charge in [-0.2, -0.15) is 0 Å². The Morgan fingerprint density at radius 2 is 1.70 bits per heavy atom. The third-order valence-corrected chi connectivity index (χ3v) is 3.25. The van der Waals surface area contributed by atoms with Crippen molar-refractivity contribution in [3.8, 4) is 5.75 Å². The lowest BCUT2D eigenvalue weighted by Gasteiger charge is -2.11. The summed E-state index contributed by atoms with van der Waals surface area (Å²) < 4.78 is 5.75. The summed E-state index contributed by atoms with van der Waals surface area (Å²) in [5.41, 5.74) is 8.90. The van der Waals surface area contributed by atoms with Crippen molar-refractivity contribution in [2.75, 3.05) is 6.61 Å². The predicted octanol–water partition coefficient (Wildman–Crippen LogP) is 3.02. The monoisotopic (exact) mass is 269 g/mol. The van der Waals surface area contributed by atoms with Gasteiger partial charge >= 0.3 is 0 Å². The summed E-state index contributed by atoms with van der Waals surface area (Å²) in [4.78, 5) is 11.3. The maximum absolute atomic E-state index is 11.3. The normalized spacial score (nSPS) is 10.3. The average Bonchev–Trinajstić information content (AvgIpc) is 2.38. The molecule has 0 aromatic heterocycles. The Bertz CT molecular complexity index is 583. The molecule has 0 atom stereocenters. The van der Waals surface area contributed by atoms with E-state index in [1.54, 1.807) is 0 Å². The van der Waals surface area contributed by atoms with Gasteiger partial charge in [0.1, 0.15) is 5.75 Å². The zero-order chi connectivity index (χ0) is 14.5. The largest absolute Gasteiger partial charge is 0.493 e. The highest BCUT2D eigenvalue weighted by atomic mass is 16.5. The molecule has 0 unspecified atom stereocenters. The molecule has 2 aromatic carbocycles. The van der Waals surface area contributed by atoms with Gasteiger partial charge in [0.2, 0.25) is 5.91 Å². The minimum absolute atomic E-state index is 0.393. The van der Waals surface area contributed by atoms with Crippen LogP contribution in [0.4, 0.5) is 0 Å². The quantitative estimate of drug-likeness (QED) is 0.907. The number of primary amides is 1. The van der Waals surface area contributed by atoms with Crippen molar-refractivity contribution < 1.29 is 9.53 Å². The fraction of sp³-hybridized carbons (Fsp3) is 0.235. The van der Waals surface area contributed by atoms with E-state index in [9.17, 15) is 4.79 Å². The van der Waals surface area contributed by atoms with Gasteiger partial charge in [-0.15, -0.1) is 0 Å². The summed E-state index contributed by atoms with van der Waals surface area (Å²) in [6, 6.07) is 13.9. The molecule has 0 aliphatic rings. The van der Waals surface area contributed by atoms with Crippen LogP contribution in [0, 0.1) is 13.8 Å². The van der Waals surface area contributed by atoms with Crippen molar-refractivity contribution >= 4 is 5.91 Å². The third kappa shape index (κ3) is 3.38. The third-order valence-electron chi connectivity index (χ3n) is 3.25. The lowest BCUT2D eigenvalue weighted by molar-refractivity contribution is 0.0999. The van der Waals surface area contributed by atoms with Gasteiger partial charge < -0.3 is 10.5 Å². The summed E-state index contributed by atoms with van der Waals surface area (Å²) in [6.45, 7) is 4.35. The van der Waals surface area contributed by atoms with Crippen LogP contribution in [0.5, 0.6) is 5.75 Å². The van der Waals surface area contributed by atoms with E-state index in [4.69, 9.17) is 10.5 Å². The molecule has 0 radical (unpaired) electrons. The first-order valence-corrected chi connectivity index (χ1v) is 6.65. The first-order chi connectivity index (χ1) is 9.58. The van der Waals surface area contributed by atoms with E-state index >= 15 is 0 Å². The minimum Gasteiger partial charge on any atom is -0.493 e. The second-order valence-corrected chi connectivity index (χ2v) is 4.88. The maximum atomic E-state index is 11.3. The molecule has 0 aliphatic carbocycles. The Kier molecular flexibility index (Phi) is 4.41. The maximum Gasteiger partial charge on any atom is 0.249 e. The summed E-state index contributed by atoms with van der Waals surface area (Å²) in [7, 11) is 0. The molecule has 2 N–H and O–H groups in total. The number of benzene rings is 2. The minimum atomic E-state index is -0.393. The number of ether oxygens (including phenoxy) is 1. The second-order valence-electron chi connectivity index (χ2n) is 4.88. The van der Waals surface area contributed by atoms with Gasteiger partial charge in [0.15, 0.2) is 0 Å². The number of carbonyl (C=O) groups excluding carboxylic acids is 1. The van der Waals surface area contributed by atoms with Gasteiger partial charge in [-0.1, -0.05) is 30.3 Å². The standard InChI is InChI=1S/C17H19NO2/c1-12-10-15(11-13(2)16(12)17(18)19)20-9-8-14-6-4-3-5-7-14/h3-7,10-11H,8-9H2,1-2H3,(H2,18,19). The van der Waals surface area contributed by atoms with Crippen molar-refractivity contribution in [2.24, 2.45) is 5.73 Å². The van der Waals surface area contributed by atoms with E-state index in [1.165, 1.54) is 5.56 Å². The van der Waals surface area contributed by atoms with E-state index in [-0.39, 0.29) is 0 Å². The molecule has 0 aliphatic heterocycles. The van der Waals surface area contributed by atoms with Crippen LogP contribution < -0.4 is 10.5 Å². The molecule has 3 nitrogen and oxygen atoms in total. The van der Waals surface area contributed by atoms with E-state index in [2.05, 4.69) is 12.1 Å². The van der Waals surface area contributed by atoms with Gasteiger partial charge in [0, 0.05) is 12.0 Å². The lowest BCUT2D eigenvalue weighted by atomic mass is 10.0. The van der Waals surface area contributed by atoms with Crippen molar-refractivity contribution in [3.63, 3.8) is 0 Å². The number of nitrogens with two attached hydrogens (primary N) is 1. The molecule has 0 heterocycles. The Labute approximate surface area is 119 Å². The van der Waals surface area contributed by atoms with Crippen LogP contribution in [0.3, 0.4) is 0 Å². The fourth-order valence-electron chi connectivity index (χ4n) is 2.33. The van der Waals surface area contributed by atoms with Crippen molar-refractivity contribution in [2.45, 2.75) is 20.3 Å². The highest BCUT2D eigenvalue weighted by Gasteiger charge is 2.10. The number of hydrogen-bond donors (Lipinski definition) is 1. The molecule has 3 heteroatoms. The Morgan fingerprint density at radius 1 is 1.10 bits per heavy atom. The van der Waals surface area contributed by atoms with Crippen LogP contribution in [0.2, 0.25) is 0 Å². The summed E-state index contributed by atoms with van der Waals surface area (Å²) >= 11 is 0. The molecule has 0 spiro atoms. The first kappa shape index (κ1) is 14.1. The molecule has 20 heavy (non-hydrogen) atoms. The zero-order valence-electron chi connectivity index (χ0n) is 11.8. The summed E-state index contributed by atoms with van der Waals surface area (Å²) in [6.07, 6.45) is 0.858. The molecule has 0 saturated carbocycles. The van der Waals surface area contributed by atoms with E-state index in [1.807, 2.05) is 44.2 Å². The second kappa shape index (κ2) is 6.24. The molecule has 104 valence electrons. The average molecular weight is 269 g/mol. The van der Waals surface area contributed by atoms with Gasteiger partial charge in [0.25, 0.3) is 0 Å². The zero-order valence-corrected chi connectivity index (χ0v) is 11.8. The number of hydrogen-bond acceptors (Lipinski definition) is 2. The molecule has 0 bridgehead atoms. The highest BCUT2D eigenvalue weighted by Crippen LogP contribution is 2.21. The summed E-state index contributed by atoms with van der Waals surface area (Å²) in [5, 5.41) is 0. The van der Waals surface area contributed by atoms with Crippen molar-refractivity contribution in [3.05, 3.63) is 64.7 Å². The van der Waals surface area contributed by atoms with Crippen LogP contribution in [0.1, 0.15) is 27.0 Å². The van der Waals surface area contributed by atoms with E-state index in [0.717, 1.165) is 23.3 Å². The highest BCUT2D eigenvalue weighted by molar-refractivity contribution is 5.96.